The Kier molecular flexibility index (Phi) is 6.12. The summed E-state index contributed by atoms with van der Waals surface area (Å²) in [6.45, 7) is 8.37. The lowest BCUT2D eigenvalue weighted by molar-refractivity contribution is 0.0220. The van der Waals surface area contributed by atoms with Crippen LogP contribution in [0.4, 0.5) is 0 Å². The highest BCUT2D eigenvalue weighted by Gasteiger charge is 2.23. The molecule has 27 heavy (non-hydrogen) atoms. The van der Waals surface area contributed by atoms with Gasteiger partial charge in [-0.3, -0.25) is 9.80 Å². The molecule has 1 atom stereocenters. The molecule has 0 N–H and O–H groups in total. The molecule has 2 aromatic rings. The fourth-order valence-electron chi connectivity index (χ4n) is 4.19. The molecular weight excluding hydrogens is 340 g/mol. The summed E-state index contributed by atoms with van der Waals surface area (Å²) in [6.07, 6.45) is 2.62. The van der Waals surface area contributed by atoms with E-state index in [9.17, 15) is 0 Å². The highest BCUT2D eigenvalue weighted by Crippen LogP contribution is 2.26. The average molecular weight is 370 g/mol. The zero-order chi connectivity index (χ0) is 18.5. The molecule has 0 saturated carbocycles. The van der Waals surface area contributed by atoms with Gasteiger partial charge in [0.15, 0.2) is 0 Å². The van der Waals surface area contributed by atoms with E-state index in [-0.39, 0.29) is 0 Å². The Morgan fingerprint density at radius 2 is 1.81 bits per heavy atom. The van der Waals surface area contributed by atoms with Crippen molar-refractivity contribution >= 4 is 0 Å². The van der Waals surface area contributed by atoms with E-state index in [1.165, 1.54) is 19.4 Å². The van der Waals surface area contributed by atoms with Crippen molar-refractivity contribution in [2.45, 2.75) is 19.4 Å². The second kappa shape index (κ2) is 8.91. The van der Waals surface area contributed by atoms with E-state index in [2.05, 4.69) is 21.9 Å². The Balaban J connectivity index is 1.32. The van der Waals surface area contributed by atoms with Crippen LogP contribution in [0.5, 0.6) is 5.75 Å². The second-order valence-electron chi connectivity index (χ2n) is 7.65. The molecule has 146 valence electrons. The standard InChI is InChI=1S/C22H30N2O3/c1-25-20-6-4-19(5-7-20)22-9-8-21(27-22)17-24-10-2-3-18(16-24)15-23-11-13-26-14-12-23/h4-9,18H,2-3,10-17H2,1H3/t18-/m0/s1. The molecule has 2 aliphatic rings. The zero-order valence-electron chi connectivity index (χ0n) is 16.2. The number of morpholine rings is 1. The van der Waals surface area contributed by atoms with Gasteiger partial charge in [0.2, 0.25) is 0 Å². The first-order valence-corrected chi connectivity index (χ1v) is 10.1. The molecule has 1 aromatic carbocycles. The lowest BCUT2D eigenvalue weighted by Crippen LogP contribution is -2.44. The number of hydrogen-bond acceptors (Lipinski definition) is 5. The molecule has 0 unspecified atom stereocenters. The number of hydrogen-bond donors (Lipinski definition) is 0. The zero-order valence-corrected chi connectivity index (χ0v) is 16.2. The molecule has 2 fully saturated rings. The maximum atomic E-state index is 6.12. The van der Waals surface area contributed by atoms with Gasteiger partial charge in [0.1, 0.15) is 17.3 Å². The lowest BCUT2D eigenvalue weighted by atomic mass is 9.97. The van der Waals surface area contributed by atoms with E-state index in [0.29, 0.717) is 0 Å². The van der Waals surface area contributed by atoms with E-state index in [1.54, 1.807) is 7.11 Å². The van der Waals surface area contributed by atoms with Gasteiger partial charge >= 0.3 is 0 Å². The van der Waals surface area contributed by atoms with Crippen LogP contribution >= 0.6 is 0 Å². The van der Waals surface area contributed by atoms with Crippen LogP contribution in [-0.4, -0.2) is 62.8 Å². The first-order chi connectivity index (χ1) is 13.3. The maximum Gasteiger partial charge on any atom is 0.134 e. The third-order valence-corrected chi connectivity index (χ3v) is 5.64. The van der Waals surface area contributed by atoms with Crippen molar-refractivity contribution < 1.29 is 13.9 Å². The Morgan fingerprint density at radius 3 is 2.59 bits per heavy atom. The van der Waals surface area contributed by atoms with Gasteiger partial charge in [-0.25, -0.2) is 0 Å². The summed E-state index contributed by atoms with van der Waals surface area (Å²) in [6, 6.07) is 12.2. The van der Waals surface area contributed by atoms with Gasteiger partial charge in [-0.2, -0.15) is 0 Å². The Hall–Kier alpha value is -1.82. The Labute approximate surface area is 161 Å². The van der Waals surface area contributed by atoms with Crippen LogP contribution < -0.4 is 4.74 Å². The molecule has 0 radical (unpaired) electrons. The van der Waals surface area contributed by atoms with Gasteiger partial charge in [-0.15, -0.1) is 0 Å². The van der Waals surface area contributed by atoms with E-state index in [0.717, 1.165) is 74.7 Å². The number of rotatable bonds is 6. The number of methoxy groups -OCH3 is 1. The van der Waals surface area contributed by atoms with Crippen LogP contribution in [0.2, 0.25) is 0 Å². The van der Waals surface area contributed by atoms with E-state index in [4.69, 9.17) is 13.9 Å². The monoisotopic (exact) mass is 370 g/mol. The summed E-state index contributed by atoms with van der Waals surface area (Å²) in [5.74, 6) is 3.60. The van der Waals surface area contributed by atoms with Crippen LogP contribution in [0.25, 0.3) is 11.3 Å². The molecule has 0 amide bonds. The number of benzene rings is 1. The average Bonchev–Trinajstić information content (AvgIpc) is 3.17. The summed E-state index contributed by atoms with van der Waals surface area (Å²) in [4.78, 5) is 5.11. The van der Waals surface area contributed by atoms with Crippen LogP contribution in [0.15, 0.2) is 40.8 Å². The minimum absolute atomic E-state index is 0.757. The molecule has 4 rings (SSSR count). The molecule has 0 aliphatic carbocycles. The predicted molar refractivity (Wildman–Crippen MR) is 106 cm³/mol. The summed E-state index contributed by atoms with van der Waals surface area (Å²) in [7, 11) is 1.69. The molecule has 0 spiro atoms. The number of likely N-dealkylation sites (tertiary alicyclic amines) is 1. The fraction of sp³-hybridized carbons (Fsp3) is 0.545. The largest absolute Gasteiger partial charge is 0.497 e. The van der Waals surface area contributed by atoms with Gasteiger partial charge < -0.3 is 13.9 Å². The second-order valence-corrected chi connectivity index (χ2v) is 7.65. The number of nitrogens with zero attached hydrogens (tertiary/aromatic N) is 2. The minimum atomic E-state index is 0.757. The minimum Gasteiger partial charge on any atom is -0.497 e. The number of piperidine rings is 1. The maximum absolute atomic E-state index is 6.12. The molecule has 0 bridgehead atoms. The van der Waals surface area contributed by atoms with Crippen LogP contribution in [-0.2, 0) is 11.3 Å². The fourth-order valence-corrected chi connectivity index (χ4v) is 4.19. The predicted octanol–water partition coefficient (Wildman–Crippen LogP) is 3.50. The normalized spacial score (nSPS) is 22.0. The van der Waals surface area contributed by atoms with Crippen molar-refractivity contribution in [3.05, 3.63) is 42.2 Å². The van der Waals surface area contributed by atoms with Gasteiger partial charge in [0.25, 0.3) is 0 Å². The van der Waals surface area contributed by atoms with Gasteiger partial charge in [0.05, 0.1) is 26.9 Å². The van der Waals surface area contributed by atoms with Crippen molar-refractivity contribution in [2.24, 2.45) is 5.92 Å². The van der Waals surface area contributed by atoms with Crippen molar-refractivity contribution in [1.29, 1.82) is 0 Å². The Bertz CT molecular complexity index is 707. The van der Waals surface area contributed by atoms with Crippen LogP contribution in [0, 0.1) is 5.92 Å². The molecule has 5 nitrogen and oxygen atoms in total. The van der Waals surface area contributed by atoms with Gasteiger partial charge in [-0.1, -0.05) is 0 Å². The molecule has 3 heterocycles. The van der Waals surface area contributed by atoms with Gasteiger partial charge in [-0.05, 0) is 61.7 Å². The van der Waals surface area contributed by atoms with E-state index >= 15 is 0 Å². The third kappa shape index (κ3) is 4.92. The molecule has 5 heteroatoms. The molecular formula is C22H30N2O3. The van der Waals surface area contributed by atoms with Crippen LogP contribution in [0.3, 0.4) is 0 Å². The van der Waals surface area contributed by atoms with Crippen LogP contribution in [0.1, 0.15) is 18.6 Å². The topological polar surface area (TPSA) is 38.1 Å². The highest BCUT2D eigenvalue weighted by atomic mass is 16.5. The first kappa shape index (κ1) is 18.5. The van der Waals surface area contributed by atoms with E-state index < -0.39 is 0 Å². The van der Waals surface area contributed by atoms with Crippen molar-refractivity contribution in [3.63, 3.8) is 0 Å². The SMILES string of the molecule is COc1ccc(-c2ccc(CN3CCC[C@@H](CN4CCOCC4)C3)o2)cc1. The number of furan rings is 1. The van der Waals surface area contributed by atoms with Gasteiger partial charge in [0, 0.05) is 31.7 Å². The van der Waals surface area contributed by atoms with E-state index in [1.807, 2.05) is 24.3 Å². The van der Waals surface area contributed by atoms with Crippen molar-refractivity contribution in [3.8, 4) is 17.1 Å². The molecule has 2 saturated heterocycles. The first-order valence-electron chi connectivity index (χ1n) is 10.1. The highest BCUT2D eigenvalue weighted by molar-refractivity contribution is 5.58. The van der Waals surface area contributed by atoms with Crippen molar-refractivity contribution in [2.75, 3.05) is 53.0 Å². The smallest absolute Gasteiger partial charge is 0.134 e. The lowest BCUT2D eigenvalue weighted by Gasteiger charge is -2.36. The number of ether oxygens (including phenoxy) is 2. The summed E-state index contributed by atoms with van der Waals surface area (Å²) in [5, 5.41) is 0. The molecule has 2 aliphatic heterocycles. The summed E-state index contributed by atoms with van der Waals surface area (Å²) in [5.41, 5.74) is 1.09. The quantitative estimate of drug-likeness (QED) is 0.778. The summed E-state index contributed by atoms with van der Waals surface area (Å²) < 4.78 is 16.8. The van der Waals surface area contributed by atoms with Crippen molar-refractivity contribution in [1.82, 2.24) is 9.80 Å². The Morgan fingerprint density at radius 1 is 1.00 bits per heavy atom. The molecule has 1 aromatic heterocycles. The third-order valence-electron chi connectivity index (χ3n) is 5.64. The summed E-state index contributed by atoms with van der Waals surface area (Å²) >= 11 is 0.